The Morgan fingerprint density at radius 1 is 0.941 bits per heavy atom. The van der Waals surface area contributed by atoms with Crippen LogP contribution in [0.25, 0.3) is 0 Å². The van der Waals surface area contributed by atoms with Gasteiger partial charge in [0, 0.05) is 17.8 Å². The molecule has 1 aromatic rings. The van der Waals surface area contributed by atoms with Crippen molar-refractivity contribution in [3.8, 4) is 0 Å². The summed E-state index contributed by atoms with van der Waals surface area (Å²) in [5.74, 6) is -0.484. The zero-order valence-corrected chi connectivity index (χ0v) is 22.2. The average Bonchev–Trinajstić information content (AvgIpc) is 3.27. The Hall–Kier alpha value is -1.93. The van der Waals surface area contributed by atoms with Gasteiger partial charge in [-0.15, -0.1) is 11.3 Å². The molecule has 1 rings (SSSR count). The standard InChI is InChI=1S/C26H44N2O5S/c1-4-5-6-7-8-9-10-11-12-13-14-15-25(30)33-19-18-28(21-32-22-29)26(31)24-17-16-23(34-24)20-27(2)3/h16-17,22H,4-15,18-21H2,1-3H3. The Morgan fingerprint density at radius 3 is 2.15 bits per heavy atom. The molecule has 0 aliphatic heterocycles. The van der Waals surface area contributed by atoms with Gasteiger partial charge in [0.25, 0.3) is 12.4 Å². The topological polar surface area (TPSA) is 76.1 Å². The smallest absolute Gasteiger partial charge is 0.305 e. The molecule has 0 saturated carbocycles. The predicted octanol–water partition coefficient (Wildman–Crippen LogP) is 5.63. The fourth-order valence-corrected chi connectivity index (χ4v) is 4.76. The van der Waals surface area contributed by atoms with E-state index in [4.69, 9.17) is 9.47 Å². The fourth-order valence-electron chi connectivity index (χ4n) is 3.67. The summed E-state index contributed by atoms with van der Waals surface area (Å²) in [6.07, 6.45) is 14.0. The minimum Gasteiger partial charge on any atom is -0.464 e. The fraction of sp³-hybridized carbons (Fsp3) is 0.731. The Kier molecular flexibility index (Phi) is 17.2. The highest BCUT2D eigenvalue weighted by Crippen LogP contribution is 2.19. The Morgan fingerprint density at radius 2 is 1.56 bits per heavy atom. The predicted molar refractivity (Wildman–Crippen MR) is 137 cm³/mol. The van der Waals surface area contributed by atoms with Crippen LogP contribution in [0.4, 0.5) is 0 Å². The molecular weight excluding hydrogens is 452 g/mol. The molecule has 0 aliphatic rings. The molecule has 34 heavy (non-hydrogen) atoms. The van der Waals surface area contributed by atoms with E-state index >= 15 is 0 Å². The average molecular weight is 497 g/mol. The molecule has 0 radical (unpaired) electrons. The molecule has 194 valence electrons. The molecule has 0 N–H and O–H groups in total. The molecule has 0 spiro atoms. The molecule has 0 fully saturated rings. The van der Waals surface area contributed by atoms with Gasteiger partial charge in [-0.05, 0) is 32.6 Å². The summed E-state index contributed by atoms with van der Waals surface area (Å²) in [6, 6.07) is 3.70. The van der Waals surface area contributed by atoms with Crippen LogP contribution in [0.5, 0.6) is 0 Å². The lowest BCUT2D eigenvalue weighted by molar-refractivity contribution is -0.145. The number of unbranched alkanes of at least 4 members (excludes halogenated alkanes) is 10. The second kappa shape index (κ2) is 19.4. The van der Waals surface area contributed by atoms with E-state index in [2.05, 4.69) is 6.92 Å². The number of ether oxygens (including phenoxy) is 2. The maximum Gasteiger partial charge on any atom is 0.305 e. The second-order valence-corrected chi connectivity index (χ2v) is 10.1. The van der Waals surface area contributed by atoms with Crippen molar-refractivity contribution >= 4 is 29.7 Å². The number of rotatable bonds is 21. The van der Waals surface area contributed by atoms with Crippen molar-refractivity contribution in [3.63, 3.8) is 0 Å². The van der Waals surface area contributed by atoms with Crippen molar-refractivity contribution in [2.75, 3.05) is 34.0 Å². The normalized spacial score (nSPS) is 10.9. The van der Waals surface area contributed by atoms with Crippen LogP contribution >= 0.6 is 11.3 Å². The van der Waals surface area contributed by atoms with Gasteiger partial charge in [0.1, 0.15) is 6.61 Å². The van der Waals surface area contributed by atoms with Crippen molar-refractivity contribution in [1.82, 2.24) is 9.80 Å². The van der Waals surface area contributed by atoms with Gasteiger partial charge in [0.15, 0.2) is 6.73 Å². The van der Waals surface area contributed by atoms with Crippen LogP contribution in [0.1, 0.15) is 98.5 Å². The molecule has 1 aromatic heterocycles. The highest BCUT2D eigenvalue weighted by molar-refractivity contribution is 7.14. The minimum absolute atomic E-state index is 0.0841. The van der Waals surface area contributed by atoms with Gasteiger partial charge >= 0.3 is 5.97 Å². The van der Waals surface area contributed by atoms with Crippen molar-refractivity contribution in [2.45, 2.75) is 90.5 Å². The lowest BCUT2D eigenvalue weighted by atomic mass is 10.1. The van der Waals surface area contributed by atoms with E-state index in [9.17, 15) is 14.4 Å². The second-order valence-electron chi connectivity index (χ2n) is 8.97. The molecule has 0 aliphatic carbocycles. The number of carbonyl (C=O) groups is 3. The molecule has 0 bridgehead atoms. The third-order valence-corrected chi connectivity index (χ3v) is 6.60. The third kappa shape index (κ3) is 14.4. The van der Waals surface area contributed by atoms with Gasteiger partial charge in [-0.25, -0.2) is 0 Å². The summed E-state index contributed by atoms with van der Waals surface area (Å²) in [6.45, 7) is 3.40. The Labute approximate surface area is 209 Å². The summed E-state index contributed by atoms with van der Waals surface area (Å²) in [5, 5.41) is 0. The Bertz CT molecular complexity index is 692. The summed E-state index contributed by atoms with van der Waals surface area (Å²) >= 11 is 1.41. The zero-order chi connectivity index (χ0) is 25.0. The molecule has 0 unspecified atom stereocenters. The lowest BCUT2D eigenvalue weighted by Gasteiger charge is -2.20. The molecule has 0 aromatic carbocycles. The molecule has 1 amide bonds. The van der Waals surface area contributed by atoms with Gasteiger partial charge < -0.3 is 19.3 Å². The number of esters is 1. The van der Waals surface area contributed by atoms with Crippen LogP contribution < -0.4 is 0 Å². The number of amides is 1. The summed E-state index contributed by atoms with van der Waals surface area (Å²) < 4.78 is 10.1. The van der Waals surface area contributed by atoms with E-state index in [0.29, 0.717) is 17.8 Å². The van der Waals surface area contributed by atoms with Gasteiger partial charge in [0.2, 0.25) is 0 Å². The monoisotopic (exact) mass is 496 g/mol. The first kappa shape index (κ1) is 30.1. The molecule has 1 heterocycles. The quantitative estimate of drug-likeness (QED) is 0.0951. The minimum atomic E-state index is -0.246. The van der Waals surface area contributed by atoms with Crippen molar-refractivity contribution < 1.29 is 23.9 Å². The first-order valence-electron chi connectivity index (χ1n) is 12.7. The number of hydrogen-bond acceptors (Lipinski definition) is 7. The maximum absolute atomic E-state index is 12.8. The van der Waals surface area contributed by atoms with E-state index in [1.54, 1.807) is 6.07 Å². The van der Waals surface area contributed by atoms with Crippen molar-refractivity contribution in [2.24, 2.45) is 0 Å². The molecule has 0 atom stereocenters. The van der Waals surface area contributed by atoms with Gasteiger partial charge in [0.05, 0.1) is 11.4 Å². The van der Waals surface area contributed by atoms with Crippen molar-refractivity contribution in [3.05, 3.63) is 21.9 Å². The van der Waals surface area contributed by atoms with Gasteiger partial charge in [-0.2, -0.15) is 0 Å². The SMILES string of the molecule is CCCCCCCCCCCCCC(=O)OCCN(COC=O)C(=O)c1ccc(CN(C)C)s1. The van der Waals surface area contributed by atoms with Crippen LogP contribution in [0, 0.1) is 0 Å². The molecular formula is C26H44N2O5S. The zero-order valence-electron chi connectivity index (χ0n) is 21.4. The largest absolute Gasteiger partial charge is 0.464 e. The third-order valence-electron chi connectivity index (χ3n) is 5.54. The number of thiophene rings is 1. The van der Waals surface area contributed by atoms with E-state index < -0.39 is 0 Å². The van der Waals surface area contributed by atoms with Crippen LogP contribution in [0.3, 0.4) is 0 Å². The Balaban J connectivity index is 2.22. The summed E-state index contributed by atoms with van der Waals surface area (Å²) in [4.78, 5) is 40.5. The molecule has 7 nitrogen and oxygen atoms in total. The van der Waals surface area contributed by atoms with Crippen LogP contribution in [0.15, 0.2) is 12.1 Å². The highest BCUT2D eigenvalue weighted by atomic mass is 32.1. The van der Waals surface area contributed by atoms with Crippen LogP contribution in [0.2, 0.25) is 0 Å². The van der Waals surface area contributed by atoms with E-state index in [-0.39, 0.29) is 31.8 Å². The number of nitrogens with zero attached hydrogens (tertiary/aromatic N) is 2. The van der Waals surface area contributed by atoms with Gasteiger partial charge in [-0.1, -0.05) is 71.1 Å². The molecule has 8 heteroatoms. The summed E-state index contributed by atoms with van der Waals surface area (Å²) in [7, 11) is 3.94. The maximum atomic E-state index is 12.8. The highest BCUT2D eigenvalue weighted by Gasteiger charge is 2.19. The molecule has 0 saturated heterocycles. The lowest BCUT2D eigenvalue weighted by Crippen LogP contribution is -2.35. The summed E-state index contributed by atoms with van der Waals surface area (Å²) in [5.41, 5.74) is 0. The number of hydrogen-bond donors (Lipinski definition) is 0. The van der Waals surface area contributed by atoms with E-state index in [1.807, 2.05) is 25.1 Å². The number of carbonyl (C=O) groups excluding carboxylic acids is 3. The van der Waals surface area contributed by atoms with Crippen LogP contribution in [-0.2, 0) is 25.6 Å². The van der Waals surface area contributed by atoms with Gasteiger partial charge in [-0.3, -0.25) is 14.4 Å². The van der Waals surface area contributed by atoms with Crippen molar-refractivity contribution in [1.29, 1.82) is 0 Å². The first-order chi connectivity index (χ1) is 16.5. The van der Waals surface area contributed by atoms with E-state index in [1.165, 1.54) is 67.6 Å². The van der Waals surface area contributed by atoms with Crippen LogP contribution in [-0.4, -0.2) is 62.1 Å². The van der Waals surface area contributed by atoms with E-state index in [0.717, 1.165) is 30.7 Å². The first-order valence-corrected chi connectivity index (χ1v) is 13.5.